The van der Waals surface area contributed by atoms with Crippen molar-refractivity contribution in [3.05, 3.63) is 24.9 Å². The van der Waals surface area contributed by atoms with E-state index in [0.717, 1.165) is 0 Å². The number of nitrogens with two attached hydrogens (primary N) is 1. The van der Waals surface area contributed by atoms with E-state index in [-0.39, 0.29) is 5.78 Å². The van der Waals surface area contributed by atoms with E-state index in [1.807, 2.05) is 0 Å². The quantitative estimate of drug-likeness (QED) is 0.500. The molecule has 0 aliphatic heterocycles. The molecule has 7 heavy (non-hydrogen) atoms. The summed E-state index contributed by atoms with van der Waals surface area (Å²) in [7, 11) is 0. The standard InChI is InChI=1S/C5H7NO/c1-2-5(7)3-4-6/h2-4H,1,6H2. The fourth-order valence-corrected chi connectivity index (χ4v) is 0.163. The van der Waals surface area contributed by atoms with E-state index in [9.17, 15) is 4.79 Å². The number of hydrogen-bond donors (Lipinski definition) is 1. The number of hydrogen-bond acceptors (Lipinski definition) is 2. The summed E-state index contributed by atoms with van der Waals surface area (Å²) in [6.45, 7) is 3.22. The minimum atomic E-state index is -0.164. The van der Waals surface area contributed by atoms with Gasteiger partial charge >= 0.3 is 0 Å². The van der Waals surface area contributed by atoms with E-state index in [0.29, 0.717) is 0 Å². The third kappa shape index (κ3) is 2.76. The van der Waals surface area contributed by atoms with Crippen molar-refractivity contribution in [3.8, 4) is 0 Å². The van der Waals surface area contributed by atoms with Gasteiger partial charge in [0.05, 0.1) is 0 Å². The van der Waals surface area contributed by atoms with Crippen LogP contribution in [0.3, 0.4) is 0 Å². The van der Waals surface area contributed by atoms with Crippen molar-refractivity contribution in [1.29, 1.82) is 0 Å². The summed E-state index contributed by atoms with van der Waals surface area (Å²) in [4.78, 5) is 10.1. The number of rotatable bonds is 2. The molecule has 0 spiro atoms. The van der Waals surface area contributed by atoms with Gasteiger partial charge in [-0.2, -0.15) is 0 Å². The molecule has 0 aliphatic carbocycles. The Hall–Kier alpha value is -1.05. The molecule has 2 N–H and O–H groups in total. The Morgan fingerprint density at radius 2 is 2.29 bits per heavy atom. The van der Waals surface area contributed by atoms with Gasteiger partial charge in [-0.1, -0.05) is 6.58 Å². The van der Waals surface area contributed by atoms with Crippen molar-refractivity contribution in [3.63, 3.8) is 0 Å². The lowest BCUT2D eigenvalue weighted by atomic mass is 10.4. The smallest absolute Gasteiger partial charge is 0.179 e. The fraction of sp³-hybridized carbons (Fsp3) is 0. The van der Waals surface area contributed by atoms with Crippen LogP contribution in [-0.4, -0.2) is 5.78 Å². The van der Waals surface area contributed by atoms with Crippen LogP contribution in [0, 0.1) is 0 Å². The van der Waals surface area contributed by atoms with Crippen molar-refractivity contribution < 1.29 is 4.79 Å². The largest absolute Gasteiger partial charge is 0.404 e. The summed E-state index contributed by atoms with van der Waals surface area (Å²) in [5.41, 5.74) is 4.86. The molecule has 2 heteroatoms. The number of carbonyl (C=O) groups is 1. The molecule has 0 saturated carbocycles. The average molecular weight is 97.1 g/mol. The van der Waals surface area contributed by atoms with Gasteiger partial charge in [0.15, 0.2) is 5.78 Å². The molecule has 0 heterocycles. The molecular formula is C5H7NO. The minimum Gasteiger partial charge on any atom is -0.404 e. The highest BCUT2D eigenvalue weighted by Gasteiger charge is 1.78. The van der Waals surface area contributed by atoms with Crippen LogP contribution in [-0.2, 0) is 4.79 Å². The lowest BCUT2D eigenvalue weighted by Gasteiger charge is -1.72. The number of ketones is 1. The van der Waals surface area contributed by atoms with Gasteiger partial charge in [0.25, 0.3) is 0 Å². The second-order valence-electron chi connectivity index (χ2n) is 0.966. The molecule has 38 valence electrons. The predicted molar refractivity (Wildman–Crippen MR) is 28.5 cm³/mol. The molecule has 0 fully saturated rings. The Labute approximate surface area is 42.3 Å². The fourth-order valence-electron chi connectivity index (χ4n) is 0.163. The number of carbonyl (C=O) groups excluding carboxylic acids is 1. The molecular weight excluding hydrogens is 90.1 g/mol. The van der Waals surface area contributed by atoms with Crippen molar-refractivity contribution in [1.82, 2.24) is 0 Å². The van der Waals surface area contributed by atoms with E-state index in [2.05, 4.69) is 6.58 Å². The Morgan fingerprint density at radius 3 is 2.43 bits per heavy atom. The zero-order chi connectivity index (χ0) is 5.70. The summed E-state index contributed by atoms with van der Waals surface area (Å²) < 4.78 is 0. The van der Waals surface area contributed by atoms with Crippen molar-refractivity contribution in [2.24, 2.45) is 5.73 Å². The Kier molecular flexibility index (Phi) is 2.68. The van der Waals surface area contributed by atoms with E-state index < -0.39 is 0 Å². The number of allylic oxidation sites excluding steroid dienone is 2. The van der Waals surface area contributed by atoms with Gasteiger partial charge in [0.2, 0.25) is 0 Å². The Morgan fingerprint density at radius 1 is 1.71 bits per heavy atom. The molecule has 0 rings (SSSR count). The van der Waals surface area contributed by atoms with Gasteiger partial charge in [-0.15, -0.1) is 0 Å². The molecule has 0 aromatic carbocycles. The first-order valence-corrected chi connectivity index (χ1v) is 1.86. The van der Waals surface area contributed by atoms with Crippen LogP contribution in [0.1, 0.15) is 0 Å². The van der Waals surface area contributed by atoms with Gasteiger partial charge in [0, 0.05) is 6.08 Å². The lowest BCUT2D eigenvalue weighted by molar-refractivity contribution is -0.110. The van der Waals surface area contributed by atoms with Crippen LogP contribution in [0.25, 0.3) is 0 Å². The summed E-state index contributed by atoms with van der Waals surface area (Å²) in [6.07, 6.45) is 3.63. The van der Waals surface area contributed by atoms with Crippen LogP contribution < -0.4 is 5.73 Å². The average Bonchev–Trinajstić information content (AvgIpc) is 1.68. The highest BCUT2D eigenvalue weighted by Crippen LogP contribution is 1.70. The zero-order valence-electron chi connectivity index (χ0n) is 3.92. The summed E-state index contributed by atoms with van der Waals surface area (Å²) in [5.74, 6) is -0.164. The highest BCUT2D eigenvalue weighted by atomic mass is 16.1. The maximum Gasteiger partial charge on any atom is 0.179 e. The Balaban J connectivity index is 3.58. The first-order valence-electron chi connectivity index (χ1n) is 1.86. The molecule has 0 radical (unpaired) electrons. The van der Waals surface area contributed by atoms with E-state index >= 15 is 0 Å². The van der Waals surface area contributed by atoms with Gasteiger partial charge in [0.1, 0.15) is 0 Å². The molecule has 0 saturated heterocycles. The lowest BCUT2D eigenvalue weighted by Crippen LogP contribution is -1.85. The molecule has 0 atom stereocenters. The molecule has 0 aromatic rings. The summed E-state index contributed by atoms with van der Waals surface area (Å²) >= 11 is 0. The first kappa shape index (κ1) is 5.95. The van der Waals surface area contributed by atoms with Crippen LogP contribution >= 0.6 is 0 Å². The molecule has 0 unspecified atom stereocenters. The van der Waals surface area contributed by atoms with Crippen LogP contribution in [0.4, 0.5) is 0 Å². The predicted octanol–water partition coefficient (Wildman–Crippen LogP) is 0.214. The molecule has 0 aliphatic rings. The normalized spacial score (nSPS) is 9.14. The van der Waals surface area contributed by atoms with Crippen molar-refractivity contribution in [2.45, 2.75) is 0 Å². The molecule has 0 aromatic heterocycles. The summed E-state index contributed by atoms with van der Waals surface area (Å²) in [5, 5.41) is 0. The third-order valence-corrected chi connectivity index (χ3v) is 0.462. The van der Waals surface area contributed by atoms with Gasteiger partial charge < -0.3 is 5.73 Å². The molecule has 0 amide bonds. The van der Waals surface area contributed by atoms with Crippen LogP contribution in [0.15, 0.2) is 24.9 Å². The van der Waals surface area contributed by atoms with E-state index in [4.69, 9.17) is 5.73 Å². The maximum absolute atomic E-state index is 10.1. The molecule has 2 nitrogen and oxygen atoms in total. The van der Waals surface area contributed by atoms with Crippen molar-refractivity contribution >= 4 is 5.78 Å². The monoisotopic (exact) mass is 97.1 g/mol. The maximum atomic E-state index is 10.1. The second kappa shape index (κ2) is 3.15. The van der Waals surface area contributed by atoms with Crippen molar-refractivity contribution in [2.75, 3.05) is 0 Å². The van der Waals surface area contributed by atoms with Crippen LogP contribution in [0.2, 0.25) is 0 Å². The topological polar surface area (TPSA) is 43.1 Å². The van der Waals surface area contributed by atoms with Gasteiger partial charge in [-0.25, -0.2) is 0 Å². The summed E-state index contributed by atoms with van der Waals surface area (Å²) in [6, 6.07) is 0. The third-order valence-electron chi connectivity index (χ3n) is 0.462. The van der Waals surface area contributed by atoms with Gasteiger partial charge in [-0.3, -0.25) is 4.79 Å². The molecule has 0 bridgehead atoms. The first-order chi connectivity index (χ1) is 3.31. The van der Waals surface area contributed by atoms with Crippen LogP contribution in [0.5, 0.6) is 0 Å². The SMILES string of the molecule is C=CC(=O)C=CN. The zero-order valence-corrected chi connectivity index (χ0v) is 3.92. The second-order valence-corrected chi connectivity index (χ2v) is 0.966. The van der Waals surface area contributed by atoms with Gasteiger partial charge in [-0.05, 0) is 12.3 Å². The minimum absolute atomic E-state index is 0.164. The van der Waals surface area contributed by atoms with E-state index in [1.165, 1.54) is 18.4 Å². The Bertz CT molecular complexity index is 105. The highest BCUT2D eigenvalue weighted by molar-refractivity contribution is 5.98. The van der Waals surface area contributed by atoms with E-state index in [1.54, 1.807) is 0 Å².